The van der Waals surface area contributed by atoms with Crippen molar-refractivity contribution in [2.24, 2.45) is 0 Å². The van der Waals surface area contributed by atoms with E-state index in [1.165, 1.54) is 18.4 Å². The van der Waals surface area contributed by atoms with Gasteiger partial charge in [0, 0.05) is 5.56 Å². The highest BCUT2D eigenvalue weighted by atomic mass is 19.1. The van der Waals surface area contributed by atoms with Crippen molar-refractivity contribution < 1.29 is 8.81 Å². The fourth-order valence-corrected chi connectivity index (χ4v) is 1.21. The molecule has 2 aromatic rings. The Kier molecular flexibility index (Phi) is 2.46. The summed E-state index contributed by atoms with van der Waals surface area (Å²) >= 11 is 0. The molecular formula is C11H7FN2O. The zero-order valence-corrected chi connectivity index (χ0v) is 7.77. The van der Waals surface area contributed by atoms with Gasteiger partial charge in [0.2, 0.25) is 5.89 Å². The minimum Gasteiger partial charge on any atom is -0.444 e. The number of oxazole rings is 1. The second kappa shape index (κ2) is 3.93. The average molecular weight is 202 g/mol. The van der Waals surface area contributed by atoms with Gasteiger partial charge in [-0.2, -0.15) is 0 Å². The minimum absolute atomic E-state index is 0.179. The van der Waals surface area contributed by atoms with Crippen LogP contribution in [0.3, 0.4) is 0 Å². The second-order valence-electron chi connectivity index (χ2n) is 2.97. The first-order chi connectivity index (χ1) is 7.29. The summed E-state index contributed by atoms with van der Waals surface area (Å²) in [6.45, 7) is 6.85. The number of aromatic nitrogens is 1. The van der Waals surface area contributed by atoms with Gasteiger partial charge in [-0.1, -0.05) is 6.07 Å². The van der Waals surface area contributed by atoms with Gasteiger partial charge < -0.3 is 9.26 Å². The summed E-state index contributed by atoms with van der Waals surface area (Å²) in [6, 6.07) is 5.99. The van der Waals surface area contributed by atoms with Crippen molar-refractivity contribution in [1.29, 1.82) is 0 Å². The van der Waals surface area contributed by atoms with Crippen LogP contribution < -0.4 is 0 Å². The van der Waals surface area contributed by atoms with Gasteiger partial charge in [-0.25, -0.2) is 15.9 Å². The van der Waals surface area contributed by atoms with Crippen LogP contribution >= 0.6 is 0 Å². The lowest BCUT2D eigenvalue weighted by Crippen LogP contribution is -1.82. The maximum absolute atomic E-state index is 12.9. The van der Waals surface area contributed by atoms with Crippen molar-refractivity contribution in [3.63, 3.8) is 0 Å². The third-order valence-electron chi connectivity index (χ3n) is 1.86. The van der Waals surface area contributed by atoms with Gasteiger partial charge in [0.1, 0.15) is 12.1 Å². The Balaban J connectivity index is 2.34. The first-order valence-corrected chi connectivity index (χ1v) is 4.33. The Morgan fingerprint density at radius 2 is 2.33 bits per heavy atom. The summed E-state index contributed by atoms with van der Waals surface area (Å²) in [5, 5.41) is 0. The molecule has 0 N–H and O–H groups in total. The van der Waals surface area contributed by atoms with E-state index >= 15 is 0 Å². The second-order valence-corrected chi connectivity index (χ2v) is 2.97. The summed E-state index contributed by atoms with van der Waals surface area (Å²) < 4.78 is 18.0. The third kappa shape index (κ3) is 2.02. The Morgan fingerprint density at radius 3 is 3.07 bits per heavy atom. The summed E-state index contributed by atoms with van der Waals surface area (Å²) in [5.41, 5.74) is 1.13. The van der Waals surface area contributed by atoms with Crippen LogP contribution in [0.5, 0.6) is 0 Å². The lowest BCUT2D eigenvalue weighted by atomic mass is 10.2. The molecule has 0 atom stereocenters. The monoisotopic (exact) mass is 202 g/mol. The molecule has 0 saturated heterocycles. The van der Waals surface area contributed by atoms with Crippen molar-refractivity contribution in [2.75, 3.05) is 0 Å². The fraction of sp³-hybridized carbons (Fsp3) is 0.0909. The summed E-state index contributed by atoms with van der Waals surface area (Å²) in [7, 11) is 0. The molecule has 0 aliphatic carbocycles. The Hall–Kier alpha value is -2.15. The molecule has 1 aromatic heterocycles. The van der Waals surface area contributed by atoms with Crippen molar-refractivity contribution in [3.8, 4) is 11.5 Å². The normalized spacial score (nSPS) is 9.87. The van der Waals surface area contributed by atoms with E-state index in [0.717, 1.165) is 0 Å². The van der Waals surface area contributed by atoms with E-state index in [0.29, 0.717) is 17.1 Å². The molecular weight excluding hydrogens is 195 g/mol. The Morgan fingerprint density at radius 1 is 1.47 bits per heavy atom. The van der Waals surface area contributed by atoms with Crippen molar-refractivity contribution >= 4 is 0 Å². The molecule has 1 aromatic carbocycles. The molecule has 74 valence electrons. The minimum atomic E-state index is -0.336. The molecule has 0 bridgehead atoms. The van der Waals surface area contributed by atoms with Crippen LogP contribution in [0.1, 0.15) is 5.69 Å². The van der Waals surface area contributed by atoms with Gasteiger partial charge in [-0.3, -0.25) is 0 Å². The highest BCUT2D eigenvalue weighted by molar-refractivity contribution is 5.52. The van der Waals surface area contributed by atoms with E-state index < -0.39 is 0 Å². The van der Waals surface area contributed by atoms with E-state index in [1.807, 2.05) is 0 Å². The van der Waals surface area contributed by atoms with Crippen LogP contribution in [0.4, 0.5) is 4.39 Å². The van der Waals surface area contributed by atoms with Gasteiger partial charge in [0.15, 0.2) is 5.69 Å². The third-order valence-corrected chi connectivity index (χ3v) is 1.86. The van der Waals surface area contributed by atoms with Crippen molar-refractivity contribution in [3.05, 3.63) is 53.5 Å². The standard InChI is InChI=1S/C11H7FN2O/c1-13-6-10-7-15-11(14-10)8-3-2-4-9(12)5-8/h2-5,7H,6H2. The van der Waals surface area contributed by atoms with Gasteiger partial charge in [0.05, 0.1) is 0 Å². The Bertz CT molecular complexity index is 513. The van der Waals surface area contributed by atoms with Gasteiger partial charge in [0.25, 0.3) is 6.54 Å². The molecule has 0 fully saturated rings. The van der Waals surface area contributed by atoms with Crippen LogP contribution in [-0.2, 0) is 6.54 Å². The first-order valence-electron chi connectivity index (χ1n) is 4.33. The number of halogens is 1. The predicted octanol–water partition coefficient (Wildman–Crippen LogP) is 2.90. The maximum Gasteiger partial charge on any atom is 0.259 e. The topological polar surface area (TPSA) is 30.4 Å². The first kappa shape index (κ1) is 9.41. The van der Waals surface area contributed by atoms with Gasteiger partial charge >= 0.3 is 0 Å². The van der Waals surface area contributed by atoms with E-state index in [1.54, 1.807) is 12.1 Å². The number of hydrogen-bond acceptors (Lipinski definition) is 2. The molecule has 0 aliphatic heterocycles. The number of hydrogen-bond donors (Lipinski definition) is 0. The van der Waals surface area contributed by atoms with Crippen LogP contribution in [-0.4, -0.2) is 4.98 Å². The molecule has 0 aliphatic rings. The molecule has 3 nitrogen and oxygen atoms in total. The molecule has 2 rings (SSSR count). The zero-order chi connectivity index (χ0) is 10.7. The summed E-state index contributed by atoms with van der Waals surface area (Å²) in [4.78, 5) is 7.25. The van der Waals surface area contributed by atoms with E-state index in [2.05, 4.69) is 9.83 Å². The molecule has 0 unspecified atom stereocenters. The SMILES string of the molecule is [C-]#[N+]Cc1coc(-c2cccc(F)c2)n1. The number of rotatable bonds is 2. The summed E-state index contributed by atoms with van der Waals surface area (Å²) in [5.74, 6) is 0.00517. The number of nitrogens with zero attached hydrogens (tertiary/aromatic N) is 2. The Labute approximate surface area is 86.0 Å². The molecule has 0 spiro atoms. The molecule has 0 amide bonds. The molecule has 15 heavy (non-hydrogen) atoms. The smallest absolute Gasteiger partial charge is 0.259 e. The van der Waals surface area contributed by atoms with Crippen LogP contribution in [0.25, 0.3) is 16.3 Å². The van der Waals surface area contributed by atoms with Crippen LogP contribution in [0.2, 0.25) is 0 Å². The lowest BCUT2D eigenvalue weighted by molar-refractivity contribution is 0.571. The zero-order valence-electron chi connectivity index (χ0n) is 7.77. The van der Waals surface area contributed by atoms with Crippen molar-refractivity contribution in [2.45, 2.75) is 6.54 Å². The highest BCUT2D eigenvalue weighted by Crippen LogP contribution is 2.19. The molecule has 0 saturated carbocycles. The fourth-order valence-electron chi connectivity index (χ4n) is 1.21. The molecule has 4 heteroatoms. The van der Waals surface area contributed by atoms with Crippen LogP contribution in [0, 0.1) is 12.4 Å². The quantitative estimate of drug-likeness (QED) is 0.701. The van der Waals surface area contributed by atoms with E-state index in [9.17, 15) is 4.39 Å². The maximum atomic E-state index is 12.9. The average Bonchev–Trinajstić information content (AvgIpc) is 2.67. The van der Waals surface area contributed by atoms with E-state index in [-0.39, 0.29) is 12.4 Å². The van der Waals surface area contributed by atoms with Crippen molar-refractivity contribution in [1.82, 2.24) is 4.98 Å². The largest absolute Gasteiger partial charge is 0.444 e. The van der Waals surface area contributed by atoms with Crippen LogP contribution in [0.15, 0.2) is 34.9 Å². The van der Waals surface area contributed by atoms with Gasteiger partial charge in [-0.15, -0.1) is 0 Å². The number of benzene rings is 1. The predicted molar refractivity (Wildman–Crippen MR) is 52.2 cm³/mol. The summed E-state index contributed by atoms with van der Waals surface area (Å²) in [6.07, 6.45) is 1.41. The molecule has 1 heterocycles. The lowest BCUT2D eigenvalue weighted by Gasteiger charge is -1.93. The van der Waals surface area contributed by atoms with Gasteiger partial charge in [-0.05, 0) is 18.2 Å². The highest BCUT2D eigenvalue weighted by Gasteiger charge is 2.08. The molecule has 0 radical (unpaired) electrons. The van der Waals surface area contributed by atoms with E-state index in [4.69, 9.17) is 11.0 Å².